The summed E-state index contributed by atoms with van der Waals surface area (Å²) in [6.07, 6.45) is 12.3. The second-order valence-corrected chi connectivity index (χ2v) is 5.17. The molecule has 0 spiro atoms. The average Bonchev–Trinajstić information content (AvgIpc) is 2.59. The molecule has 2 heteroatoms. The molecule has 2 aromatic carbocycles. The van der Waals surface area contributed by atoms with Crippen LogP contribution in [-0.4, -0.2) is 0 Å². The van der Waals surface area contributed by atoms with Crippen molar-refractivity contribution in [2.45, 2.75) is 47.0 Å². The van der Waals surface area contributed by atoms with Gasteiger partial charge < -0.3 is 14.9 Å². The van der Waals surface area contributed by atoms with Crippen LogP contribution in [0.2, 0.25) is 0 Å². The van der Waals surface area contributed by atoms with Gasteiger partial charge in [0, 0.05) is 65.4 Å². The van der Waals surface area contributed by atoms with Crippen LogP contribution < -0.4 is 0 Å². The first-order chi connectivity index (χ1) is 11.3. The Morgan fingerprint density at radius 2 is 0.889 bits per heavy atom. The molecule has 2 rings (SSSR count). The van der Waals surface area contributed by atoms with Gasteiger partial charge in [0.2, 0.25) is 0 Å². The Morgan fingerprint density at radius 3 is 1.07 bits per heavy atom. The second-order valence-electron chi connectivity index (χ2n) is 5.17. The third-order valence-electron chi connectivity index (χ3n) is 3.02. The summed E-state index contributed by atoms with van der Waals surface area (Å²) in [5.41, 5.74) is 2.53. The van der Waals surface area contributed by atoms with Gasteiger partial charge in [-0.2, -0.15) is 0 Å². The molecule has 0 aliphatic rings. The third-order valence-corrected chi connectivity index (χ3v) is 3.02. The Kier molecular flexibility index (Phi) is 43.2. The Morgan fingerprint density at radius 1 is 0.593 bits per heavy atom. The minimum atomic E-state index is 0. The van der Waals surface area contributed by atoms with Gasteiger partial charge in [-0.15, -0.1) is 0 Å². The molecule has 0 nitrogen and oxygen atoms in total. The molecule has 2 aromatic rings. The summed E-state index contributed by atoms with van der Waals surface area (Å²) >= 11 is 0. The normalized spacial score (nSPS) is 8.44. The first kappa shape index (κ1) is 37.8. The van der Waals surface area contributed by atoms with E-state index in [0.717, 1.165) is 0 Å². The van der Waals surface area contributed by atoms with Crippen LogP contribution in [0.4, 0.5) is 0 Å². The summed E-state index contributed by atoms with van der Waals surface area (Å²) in [4.78, 5) is 0. The van der Waals surface area contributed by atoms with Crippen molar-refractivity contribution in [1.29, 1.82) is 0 Å². The molecule has 2 radical (unpaired) electrons. The third kappa shape index (κ3) is 26.1. The zero-order valence-electron chi connectivity index (χ0n) is 18.4. The zero-order chi connectivity index (χ0) is 17.2. The van der Waals surface area contributed by atoms with Crippen molar-refractivity contribution in [3.05, 3.63) is 98.8 Å². The molecule has 0 amide bonds. The van der Waals surface area contributed by atoms with E-state index in [4.69, 9.17) is 0 Å². The standard InChI is InChI=1S/2C9H10.C5H12.2CH3.2Y/c2*1-2-6-9-7-4-3-5-8-9;1-3-5-4-2;;;;/h2*2-8H,1H3;3-5H2,1-2H3;2*1H3;;/q;;;2*-1;;/b2*6-2+;;;;;. The molecular weight excluding hydrogens is 478 g/mol. The minimum Gasteiger partial charge on any atom is -0.358 e. The van der Waals surface area contributed by atoms with Crippen molar-refractivity contribution in [1.82, 2.24) is 0 Å². The number of rotatable bonds is 4. The van der Waals surface area contributed by atoms with E-state index in [1.807, 2.05) is 62.4 Å². The maximum Gasteiger partial charge on any atom is 0 e. The molecule has 0 N–H and O–H groups in total. The van der Waals surface area contributed by atoms with Crippen molar-refractivity contribution >= 4 is 12.2 Å². The molecule has 0 aromatic heterocycles. The summed E-state index contributed by atoms with van der Waals surface area (Å²) in [6.45, 7) is 8.47. The quantitative estimate of drug-likeness (QED) is 0.358. The molecule has 27 heavy (non-hydrogen) atoms. The van der Waals surface area contributed by atoms with Gasteiger partial charge in [0.25, 0.3) is 0 Å². The predicted molar refractivity (Wildman–Crippen MR) is 120 cm³/mol. The van der Waals surface area contributed by atoms with Crippen molar-refractivity contribution in [2.24, 2.45) is 0 Å². The fraction of sp³-hybridized carbons (Fsp3) is 0.280. The van der Waals surface area contributed by atoms with Crippen LogP contribution in [0, 0.1) is 14.9 Å². The van der Waals surface area contributed by atoms with Gasteiger partial charge in [-0.25, -0.2) is 0 Å². The van der Waals surface area contributed by atoms with Crippen molar-refractivity contribution in [3.63, 3.8) is 0 Å². The van der Waals surface area contributed by atoms with E-state index >= 15 is 0 Å². The molecule has 0 saturated carbocycles. The van der Waals surface area contributed by atoms with E-state index < -0.39 is 0 Å². The van der Waals surface area contributed by atoms with E-state index in [9.17, 15) is 0 Å². The summed E-state index contributed by atoms with van der Waals surface area (Å²) in [5, 5.41) is 0. The summed E-state index contributed by atoms with van der Waals surface area (Å²) < 4.78 is 0. The smallest absolute Gasteiger partial charge is 0 e. The Labute approximate surface area is 221 Å². The van der Waals surface area contributed by atoms with E-state index in [2.05, 4.69) is 50.3 Å². The molecule has 0 fully saturated rings. The van der Waals surface area contributed by atoms with Gasteiger partial charge in [0.05, 0.1) is 0 Å². The first-order valence-corrected chi connectivity index (χ1v) is 8.63. The molecule has 0 aliphatic heterocycles. The molecule has 0 atom stereocenters. The summed E-state index contributed by atoms with van der Waals surface area (Å²) in [7, 11) is 0. The van der Waals surface area contributed by atoms with E-state index in [1.54, 1.807) is 0 Å². The van der Waals surface area contributed by atoms with Gasteiger partial charge in [-0.05, 0) is 25.0 Å². The molecule has 0 unspecified atom stereocenters. The van der Waals surface area contributed by atoms with Crippen molar-refractivity contribution in [2.75, 3.05) is 0 Å². The number of allylic oxidation sites excluding steroid dienone is 2. The van der Waals surface area contributed by atoms with Gasteiger partial charge in [-0.1, -0.05) is 118 Å². The van der Waals surface area contributed by atoms with Crippen molar-refractivity contribution in [3.8, 4) is 0 Å². The molecule has 0 saturated heterocycles. The summed E-state index contributed by atoms with van der Waals surface area (Å²) in [6, 6.07) is 20.5. The molecule has 0 aliphatic carbocycles. The Bertz CT molecular complexity index is 467. The van der Waals surface area contributed by atoms with E-state index in [0.29, 0.717) is 0 Å². The number of hydrogen-bond donors (Lipinski definition) is 0. The fourth-order valence-electron chi connectivity index (χ4n) is 1.87. The zero-order valence-corrected chi connectivity index (χ0v) is 24.0. The van der Waals surface area contributed by atoms with Crippen LogP contribution in [0.25, 0.3) is 12.2 Å². The van der Waals surface area contributed by atoms with E-state index in [-0.39, 0.29) is 80.3 Å². The number of hydrogen-bond acceptors (Lipinski definition) is 0. The molecular formula is C25H38Y2-2. The monoisotopic (exact) mass is 516 g/mol. The van der Waals surface area contributed by atoms with E-state index in [1.165, 1.54) is 30.4 Å². The average molecular weight is 516 g/mol. The number of benzene rings is 2. The van der Waals surface area contributed by atoms with Gasteiger partial charge in [0.1, 0.15) is 0 Å². The SMILES string of the molecule is C/C=C/c1ccccc1.C/C=C/c1ccccc1.CCCCC.[CH3-].[CH3-].[Y].[Y]. The molecule has 146 valence electrons. The van der Waals surface area contributed by atoms with Crippen LogP contribution in [-0.2, 0) is 65.4 Å². The predicted octanol–water partition coefficient (Wildman–Crippen LogP) is 8.53. The van der Waals surface area contributed by atoms with Crippen LogP contribution >= 0.6 is 0 Å². The maximum absolute atomic E-state index is 2.21. The van der Waals surface area contributed by atoms with Gasteiger partial charge >= 0.3 is 0 Å². The molecule has 0 heterocycles. The van der Waals surface area contributed by atoms with Gasteiger partial charge in [0.15, 0.2) is 0 Å². The Balaban J connectivity index is -0.0000000867. The largest absolute Gasteiger partial charge is 0.358 e. The Hall–Kier alpha value is 0.128. The number of unbranched alkanes of at least 4 members (excludes halogenated alkanes) is 2. The maximum atomic E-state index is 2.21. The second kappa shape index (κ2) is 30.8. The topological polar surface area (TPSA) is 0 Å². The van der Waals surface area contributed by atoms with Crippen LogP contribution in [0.15, 0.2) is 72.8 Å². The van der Waals surface area contributed by atoms with Crippen LogP contribution in [0.3, 0.4) is 0 Å². The first-order valence-electron chi connectivity index (χ1n) is 8.63. The van der Waals surface area contributed by atoms with Crippen LogP contribution in [0.5, 0.6) is 0 Å². The molecule has 0 bridgehead atoms. The van der Waals surface area contributed by atoms with Crippen LogP contribution in [0.1, 0.15) is 58.1 Å². The summed E-state index contributed by atoms with van der Waals surface area (Å²) in [5.74, 6) is 0. The minimum absolute atomic E-state index is 0. The fourth-order valence-corrected chi connectivity index (χ4v) is 1.87. The van der Waals surface area contributed by atoms with Crippen molar-refractivity contribution < 1.29 is 65.4 Å². The van der Waals surface area contributed by atoms with Gasteiger partial charge in [-0.3, -0.25) is 0 Å².